The van der Waals surface area contributed by atoms with Gasteiger partial charge >= 0.3 is 0 Å². The van der Waals surface area contributed by atoms with Crippen LogP contribution in [0.3, 0.4) is 0 Å². The fourth-order valence-electron chi connectivity index (χ4n) is 3.01. The molecule has 1 saturated heterocycles. The van der Waals surface area contributed by atoms with Crippen molar-refractivity contribution in [1.82, 2.24) is 4.90 Å². The van der Waals surface area contributed by atoms with E-state index in [-0.39, 0.29) is 5.91 Å². The lowest BCUT2D eigenvalue weighted by molar-refractivity contribution is -0.117. The van der Waals surface area contributed by atoms with E-state index in [2.05, 4.69) is 24.1 Å². The average Bonchev–Trinajstić information content (AvgIpc) is 2.37. The van der Waals surface area contributed by atoms with Crippen molar-refractivity contribution in [2.45, 2.75) is 20.3 Å². The Labute approximate surface area is 130 Å². The molecule has 0 radical (unpaired) electrons. The van der Waals surface area contributed by atoms with Crippen LogP contribution >= 0.6 is 11.6 Å². The Balaban J connectivity index is 1.93. The fraction of sp³-hybridized carbons (Fsp3) is 0.500. The Morgan fingerprint density at radius 1 is 1.43 bits per heavy atom. The van der Waals surface area contributed by atoms with E-state index in [9.17, 15) is 4.79 Å². The number of nitrogens with zero attached hydrogens (tertiary/aromatic N) is 2. The number of carbonyl (C=O) groups is 1. The van der Waals surface area contributed by atoms with Gasteiger partial charge in [-0.15, -0.1) is 0 Å². The van der Waals surface area contributed by atoms with Crippen LogP contribution in [0.1, 0.15) is 25.8 Å². The van der Waals surface area contributed by atoms with Gasteiger partial charge in [-0.3, -0.25) is 9.69 Å². The van der Waals surface area contributed by atoms with Gasteiger partial charge in [0.05, 0.1) is 17.1 Å². The van der Waals surface area contributed by atoms with E-state index in [0.717, 1.165) is 13.1 Å². The highest BCUT2D eigenvalue weighted by molar-refractivity contribution is 6.32. The zero-order chi connectivity index (χ0) is 15.4. The molecule has 4 nitrogen and oxygen atoms in total. The van der Waals surface area contributed by atoms with E-state index in [1.165, 1.54) is 6.42 Å². The summed E-state index contributed by atoms with van der Waals surface area (Å²) in [6.45, 7) is 6.77. The fourth-order valence-corrected chi connectivity index (χ4v) is 3.23. The maximum atomic E-state index is 12.1. The summed E-state index contributed by atoms with van der Waals surface area (Å²) in [7, 11) is 0. The molecule has 2 atom stereocenters. The molecule has 1 N–H and O–H groups in total. The SMILES string of the molecule is C[C@H]1C[C@H](C)CN(CC(=O)Nc2ccc(C#N)c(Cl)c2)C1. The lowest BCUT2D eigenvalue weighted by Crippen LogP contribution is -2.42. The van der Waals surface area contributed by atoms with Gasteiger partial charge in [0.1, 0.15) is 6.07 Å². The highest BCUT2D eigenvalue weighted by Gasteiger charge is 2.23. The van der Waals surface area contributed by atoms with Crippen LogP contribution in [0.15, 0.2) is 18.2 Å². The predicted octanol–water partition coefficient (Wildman–Crippen LogP) is 3.13. The van der Waals surface area contributed by atoms with Gasteiger partial charge in [0.2, 0.25) is 5.91 Å². The number of nitriles is 1. The molecule has 5 heteroatoms. The van der Waals surface area contributed by atoms with Crippen LogP contribution in [0, 0.1) is 23.2 Å². The first-order valence-electron chi connectivity index (χ1n) is 7.19. The Bertz CT molecular complexity index is 557. The molecular formula is C16H20ClN3O. The van der Waals surface area contributed by atoms with Gasteiger partial charge in [-0.2, -0.15) is 5.26 Å². The lowest BCUT2D eigenvalue weighted by atomic mass is 9.92. The molecule has 1 aromatic rings. The number of hydrogen-bond donors (Lipinski definition) is 1. The number of anilines is 1. The lowest BCUT2D eigenvalue weighted by Gasteiger charge is -2.34. The summed E-state index contributed by atoms with van der Waals surface area (Å²) in [6, 6.07) is 6.92. The van der Waals surface area contributed by atoms with Crippen LogP contribution < -0.4 is 5.32 Å². The standard InChI is InChI=1S/C16H20ClN3O/c1-11-5-12(2)9-20(8-11)10-16(21)19-14-4-3-13(7-18)15(17)6-14/h3-4,6,11-12H,5,8-10H2,1-2H3,(H,19,21)/t11-,12-/m0/s1. The second-order valence-electron chi connectivity index (χ2n) is 5.99. The molecule has 0 bridgehead atoms. The zero-order valence-electron chi connectivity index (χ0n) is 12.4. The summed E-state index contributed by atoms with van der Waals surface area (Å²) in [6.07, 6.45) is 1.23. The summed E-state index contributed by atoms with van der Waals surface area (Å²) in [5.74, 6) is 1.22. The normalized spacial score (nSPS) is 22.6. The van der Waals surface area contributed by atoms with Crippen molar-refractivity contribution in [2.75, 3.05) is 25.0 Å². The first kappa shape index (κ1) is 15.8. The number of carbonyl (C=O) groups excluding carboxylic acids is 1. The monoisotopic (exact) mass is 305 g/mol. The Morgan fingerprint density at radius 2 is 2.10 bits per heavy atom. The van der Waals surface area contributed by atoms with Gasteiger partial charge in [-0.25, -0.2) is 0 Å². The molecule has 1 heterocycles. The maximum Gasteiger partial charge on any atom is 0.238 e. The van der Waals surface area contributed by atoms with Crippen molar-refractivity contribution >= 4 is 23.2 Å². The summed E-state index contributed by atoms with van der Waals surface area (Å²) in [5.41, 5.74) is 1.04. The maximum absolute atomic E-state index is 12.1. The first-order valence-corrected chi connectivity index (χ1v) is 7.57. The number of rotatable bonds is 3. The van der Waals surface area contributed by atoms with Crippen LogP contribution in [0.5, 0.6) is 0 Å². The molecule has 1 aliphatic heterocycles. The molecule has 0 spiro atoms. The molecule has 2 rings (SSSR count). The summed E-state index contributed by atoms with van der Waals surface area (Å²) >= 11 is 5.96. The summed E-state index contributed by atoms with van der Waals surface area (Å²) in [4.78, 5) is 14.3. The van der Waals surface area contributed by atoms with Gasteiger partial charge in [0.15, 0.2) is 0 Å². The molecule has 1 aromatic carbocycles. The minimum atomic E-state index is -0.0444. The van der Waals surface area contributed by atoms with Crippen molar-refractivity contribution < 1.29 is 4.79 Å². The minimum absolute atomic E-state index is 0.0444. The first-order chi connectivity index (χ1) is 9.97. The largest absolute Gasteiger partial charge is 0.325 e. The smallest absolute Gasteiger partial charge is 0.238 e. The molecule has 1 amide bonds. The number of likely N-dealkylation sites (tertiary alicyclic amines) is 1. The van der Waals surface area contributed by atoms with Crippen molar-refractivity contribution in [2.24, 2.45) is 11.8 Å². The highest BCUT2D eigenvalue weighted by atomic mass is 35.5. The van der Waals surface area contributed by atoms with Gasteiger partial charge < -0.3 is 5.32 Å². The summed E-state index contributed by atoms with van der Waals surface area (Å²) in [5, 5.41) is 12.0. The molecule has 21 heavy (non-hydrogen) atoms. The van der Waals surface area contributed by atoms with Crippen LogP contribution in [0.2, 0.25) is 5.02 Å². The average molecular weight is 306 g/mol. The molecule has 1 aliphatic rings. The Morgan fingerprint density at radius 3 is 2.67 bits per heavy atom. The third kappa shape index (κ3) is 4.45. The molecule has 0 unspecified atom stereocenters. The third-order valence-electron chi connectivity index (χ3n) is 3.68. The van der Waals surface area contributed by atoms with E-state index in [0.29, 0.717) is 34.7 Å². The number of hydrogen-bond acceptors (Lipinski definition) is 3. The van der Waals surface area contributed by atoms with E-state index < -0.39 is 0 Å². The van der Waals surface area contributed by atoms with Crippen molar-refractivity contribution in [3.8, 4) is 6.07 Å². The van der Waals surface area contributed by atoms with Crippen LogP contribution in [0.4, 0.5) is 5.69 Å². The number of nitrogens with one attached hydrogen (secondary N) is 1. The third-order valence-corrected chi connectivity index (χ3v) is 4.00. The second-order valence-corrected chi connectivity index (χ2v) is 6.40. The minimum Gasteiger partial charge on any atom is -0.325 e. The van der Waals surface area contributed by atoms with Crippen LogP contribution in [-0.4, -0.2) is 30.4 Å². The van der Waals surface area contributed by atoms with Gasteiger partial charge in [0.25, 0.3) is 0 Å². The Kier molecular flexibility index (Phi) is 5.22. The van der Waals surface area contributed by atoms with Gasteiger partial charge in [-0.05, 0) is 36.5 Å². The quantitative estimate of drug-likeness (QED) is 0.933. The number of piperidine rings is 1. The van der Waals surface area contributed by atoms with E-state index in [1.54, 1.807) is 18.2 Å². The predicted molar refractivity (Wildman–Crippen MR) is 84.2 cm³/mol. The zero-order valence-corrected chi connectivity index (χ0v) is 13.2. The van der Waals surface area contributed by atoms with Crippen LogP contribution in [0.25, 0.3) is 0 Å². The molecule has 1 fully saturated rings. The van der Waals surface area contributed by atoms with E-state index in [4.69, 9.17) is 16.9 Å². The number of halogens is 1. The van der Waals surface area contributed by atoms with Gasteiger partial charge in [-0.1, -0.05) is 25.4 Å². The molecule has 112 valence electrons. The molecule has 0 aliphatic carbocycles. The van der Waals surface area contributed by atoms with E-state index in [1.807, 2.05) is 6.07 Å². The highest BCUT2D eigenvalue weighted by Crippen LogP contribution is 2.22. The second kappa shape index (κ2) is 6.93. The van der Waals surface area contributed by atoms with Crippen molar-refractivity contribution in [3.05, 3.63) is 28.8 Å². The Hall–Kier alpha value is -1.57. The van der Waals surface area contributed by atoms with Gasteiger partial charge in [0, 0.05) is 18.8 Å². The molecule has 0 aromatic heterocycles. The molecule has 0 saturated carbocycles. The summed E-state index contributed by atoms with van der Waals surface area (Å²) < 4.78 is 0. The number of amides is 1. The van der Waals surface area contributed by atoms with Crippen molar-refractivity contribution in [1.29, 1.82) is 5.26 Å². The number of benzene rings is 1. The topological polar surface area (TPSA) is 56.1 Å². The van der Waals surface area contributed by atoms with Crippen LogP contribution in [-0.2, 0) is 4.79 Å². The van der Waals surface area contributed by atoms with Crippen molar-refractivity contribution in [3.63, 3.8) is 0 Å². The van der Waals surface area contributed by atoms with E-state index >= 15 is 0 Å². The molecular weight excluding hydrogens is 286 g/mol.